The largest absolute Gasteiger partial charge is 0.389 e. The maximum absolute atomic E-state index is 9.82. The van der Waals surface area contributed by atoms with Gasteiger partial charge in [-0.2, -0.15) is 0 Å². The lowest BCUT2D eigenvalue weighted by Gasteiger charge is -2.33. The Morgan fingerprint density at radius 3 is 2.47 bits per heavy atom. The van der Waals surface area contributed by atoms with Crippen LogP contribution in [-0.2, 0) is 0 Å². The molecule has 3 atom stereocenters. The van der Waals surface area contributed by atoms with Crippen molar-refractivity contribution in [1.29, 1.82) is 0 Å². The predicted octanol–water partition coefficient (Wildman–Crippen LogP) is 2.56. The second-order valence-corrected chi connectivity index (χ2v) is 5.81. The number of aliphatic hydroxyl groups is 1. The average molecular weight is 213 g/mol. The van der Waals surface area contributed by atoms with E-state index in [1.807, 2.05) is 13.8 Å². The summed E-state index contributed by atoms with van der Waals surface area (Å²) >= 11 is 0. The van der Waals surface area contributed by atoms with Gasteiger partial charge in [-0.1, -0.05) is 26.2 Å². The highest BCUT2D eigenvalue weighted by Gasteiger charge is 2.25. The summed E-state index contributed by atoms with van der Waals surface area (Å²) in [5.74, 6) is 1.66. The van der Waals surface area contributed by atoms with Gasteiger partial charge in [-0.25, -0.2) is 0 Å². The molecule has 2 N–H and O–H groups in total. The molecule has 0 heterocycles. The van der Waals surface area contributed by atoms with Gasteiger partial charge in [0.1, 0.15) is 0 Å². The molecule has 15 heavy (non-hydrogen) atoms. The Balaban J connectivity index is 2.29. The first-order valence-corrected chi connectivity index (χ1v) is 6.37. The summed E-state index contributed by atoms with van der Waals surface area (Å²) in [4.78, 5) is 0. The van der Waals surface area contributed by atoms with Gasteiger partial charge in [0.2, 0.25) is 0 Å². The van der Waals surface area contributed by atoms with Crippen molar-refractivity contribution in [2.75, 3.05) is 6.54 Å². The highest BCUT2D eigenvalue weighted by Crippen LogP contribution is 2.29. The van der Waals surface area contributed by atoms with E-state index < -0.39 is 5.60 Å². The van der Waals surface area contributed by atoms with Crippen molar-refractivity contribution in [2.24, 2.45) is 11.8 Å². The lowest BCUT2D eigenvalue weighted by Crippen LogP contribution is -2.46. The minimum Gasteiger partial charge on any atom is -0.389 e. The van der Waals surface area contributed by atoms with E-state index in [2.05, 4.69) is 19.2 Å². The molecule has 0 aromatic heterocycles. The molecule has 2 heteroatoms. The minimum atomic E-state index is -0.613. The molecule has 2 nitrogen and oxygen atoms in total. The summed E-state index contributed by atoms with van der Waals surface area (Å²) in [6.07, 6.45) is 5.52. The van der Waals surface area contributed by atoms with Crippen LogP contribution in [0.1, 0.15) is 53.4 Å². The smallest absolute Gasteiger partial charge is 0.0741 e. The van der Waals surface area contributed by atoms with Crippen molar-refractivity contribution >= 4 is 0 Å². The first-order chi connectivity index (χ1) is 6.91. The van der Waals surface area contributed by atoms with Crippen LogP contribution in [0.5, 0.6) is 0 Å². The zero-order valence-corrected chi connectivity index (χ0v) is 10.7. The lowest BCUT2D eigenvalue weighted by atomic mass is 9.80. The van der Waals surface area contributed by atoms with E-state index in [4.69, 9.17) is 0 Å². The second kappa shape index (κ2) is 5.31. The lowest BCUT2D eigenvalue weighted by molar-refractivity contribution is 0.0409. The Labute approximate surface area is 94.5 Å². The van der Waals surface area contributed by atoms with Crippen molar-refractivity contribution in [3.63, 3.8) is 0 Å². The molecule has 3 unspecified atom stereocenters. The van der Waals surface area contributed by atoms with E-state index in [1.165, 1.54) is 25.7 Å². The maximum Gasteiger partial charge on any atom is 0.0741 e. The molecule has 1 saturated carbocycles. The summed E-state index contributed by atoms with van der Waals surface area (Å²) < 4.78 is 0. The third-order valence-corrected chi connectivity index (χ3v) is 4.04. The van der Waals surface area contributed by atoms with Crippen molar-refractivity contribution < 1.29 is 5.11 Å². The molecule has 1 fully saturated rings. The van der Waals surface area contributed by atoms with E-state index in [0.29, 0.717) is 0 Å². The molecule has 1 aliphatic rings. The minimum absolute atomic E-state index is 0.173. The first-order valence-electron chi connectivity index (χ1n) is 6.37. The Morgan fingerprint density at radius 1 is 1.33 bits per heavy atom. The van der Waals surface area contributed by atoms with Gasteiger partial charge >= 0.3 is 0 Å². The molecule has 0 spiro atoms. The summed E-state index contributed by atoms with van der Waals surface area (Å²) in [6, 6.07) is 0.173. The molecule has 90 valence electrons. The van der Waals surface area contributed by atoms with Crippen molar-refractivity contribution in [3.05, 3.63) is 0 Å². The van der Waals surface area contributed by atoms with Gasteiger partial charge < -0.3 is 10.4 Å². The van der Waals surface area contributed by atoms with Crippen molar-refractivity contribution in [1.82, 2.24) is 5.32 Å². The number of rotatable bonds is 4. The van der Waals surface area contributed by atoms with E-state index in [1.54, 1.807) is 0 Å². The third-order valence-electron chi connectivity index (χ3n) is 4.04. The molecule has 1 rings (SSSR count). The SMILES string of the molecule is CC1CCCCC1CNC(C)C(C)(C)O. The van der Waals surface area contributed by atoms with Gasteiger partial charge in [0, 0.05) is 6.04 Å². The molecule has 0 aromatic carbocycles. The van der Waals surface area contributed by atoms with Crippen LogP contribution in [0.15, 0.2) is 0 Å². The normalized spacial score (nSPS) is 30.2. The molecule has 0 aromatic rings. The average Bonchev–Trinajstić information content (AvgIpc) is 2.14. The molecular formula is C13H27NO. The summed E-state index contributed by atoms with van der Waals surface area (Å²) in [5.41, 5.74) is -0.613. The summed E-state index contributed by atoms with van der Waals surface area (Å²) in [6.45, 7) is 9.23. The number of hydrogen-bond acceptors (Lipinski definition) is 2. The van der Waals surface area contributed by atoms with Crippen LogP contribution < -0.4 is 5.32 Å². The van der Waals surface area contributed by atoms with Crippen LogP contribution in [0.2, 0.25) is 0 Å². The van der Waals surface area contributed by atoms with Crippen LogP contribution in [0.4, 0.5) is 0 Å². The Kier molecular flexibility index (Phi) is 4.60. The number of nitrogens with one attached hydrogen (secondary N) is 1. The molecular weight excluding hydrogens is 186 g/mol. The highest BCUT2D eigenvalue weighted by atomic mass is 16.3. The fourth-order valence-corrected chi connectivity index (χ4v) is 2.27. The Morgan fingerprint density at radius 2 is 1.93 bits per heavy atom. The quantitative estimate of drug-likeness (QED) is 0.752. The monoisotopic (exact) mass is 213 g/mol. The zero-order chi connectivity index (χ0) is 11.5. The van der Waals surface area contributed by atoms with Gasteiger partial charge in [-0.15, -0.1) is 0 Å². The summed E-state index contributed by atoms with van der Waals surface area (Å²) in [7, 11) is 0. The van der Waals surface area contributed by atoms with E-state index >= 15 is 0 Å². The van der Waals surface area contributed by atoms with Gasteiger partial charge in [0.15, 0.2) is 0 Å². The fourth-order valence-electron chi connectivity index (χ4n) is 2.27. The van der Waals surface area contributed by atoms with Crippen LogP contribution >= 0.6 is 0 Å². The highest BCUT2D eigenvalue weighted by molar-refractivity contribution is 4.82. The van der Waals surface area contributed by atoms with Crippen molar-refractivity contribution in [3.8, 4) is 0 Å². The summed E-state index contributed by atoms with van der Waals surface area (Å²) in [5, 5.41) is 13.3. The molecule has 0 aliphatic heterocycles. The third kappa shape index (κ3) is 4.12. The predicted molar refractivity (Wildman–Crippen MR) is 64.9 cm³/mol. The molecule has 0 radical (unpaired) electrons. The van der Waals surface area contributed by atoms with E-state index in [-0.39, 0.29) is 6.04 Å². The van der Waals surface area contributed by atoms with Gasteiger partial charge in [0.25, 0.3) is 0 Å². The number of hydrogen-bond donors (Lipinski definition) is 2. The van der Waals surface area contributed by atoms with Crippen LogP contribution in [-0.4, -0.2) is 23.3 Å². The topological polar surface area (TPSA) is 32.3 Å². The maximum atomic E-state index is 9.82. The van der Waals surface area contributed by atoms with Gasteiger partial charge in [0.05, 0.1) is 5.60 Å². The Bertz CT molecular complexity index is 185. The molecule has 1 aliphatic carbocycles. The van der Waals surface area contributed by atoms with Crippen LogP contribution in [0.3, 0.4) is 0 Å². The fraction of sp³-hybridized carbons (Fsp3) is 1.00. The first kappa shape index (κ1) is 13.0. The van der Waals surface area contributed by atoms with Crippen LogP contribution in [0, 0.1) is 11.8 Å². The zero-order valence-electron chi connectivity index (χ0n) is 10.7. The van der Waals surface area contributed by atoms with E-state index in [9.17, 15) is 5.11 Å². The van der Waals surface area contributed by atoms with Crippen molar-refractivity contribution in [2.45, 2.75) is 65.0 Å². The molecule has 0 saturated heterocycles. The Hall–Kier alpha value is -0.0800. The standard InChI is InChI=1S/C13H27NO/c1-10-7-5-6-8-12(10)9-14-11(2)13(3,4)15/h10-12,14-15H,5-9H2,1-4H3. The molecule has 0 amide bonds. The second-order valence-electron chi connectivity index (χ2n) is 5.81. The van der Waals surface area contributed by atoms with E-state index in [0.717, 1.165) is 18.4 Å². The van der Waals surface area contributed by atoms with Gasteiger partial charge in [-0.3, -0.25) is 0 Å². The van der Waals surface area contributed by atoms with Crippen LogP contribution in [0.25, 0.3) is 0 Å². The van der Waals surface area contributed by atoms with Gasteiger partial charge in [-0.05, 0) is 45.6 Å². The molecule has 0 bridgehead atoms.